The fourth-order valence-corrected chi connectivity index (χ4v) is 0.520. The summed E-state index contributed by atoms with van der Waals surface area (Å²) < 4.78 is 226. The summed E-state index contributed by atoms with van der Waals surface area (Å²) in [5.74, 6) is -6.81. The van der Waals surface area contributed by atoms with Crippen LogP contribution in [0.1, 0.15) is 0 Å². The van der Waals surface area contributed by atoms with Crippen molar-refractivity contribution in [1.82, 2.24) is 0 Å². The highest BCUT2D eigenvalue weighted by atomic mass is 19.4. The summed E-state index contributed by atoms with van der Waals surface area (Å²) in [5, 5.41) is 0. The minimum absolute atomic E-state index is 1.95. The molecule has 32 heavy (non-hydrogen) atoms. The maximum Gasteiger partial charge on any atom is 0.574 e. The van der Waals surface area contributed by atoms with Gasteiger partial charge in [0.15, 0.2) is 0 Å². The van der Waals surface area contributed by atoms with Crippen molar-refractivity contribution in [3.63, 3.8) is 0 Å². The van der Waals surface area contributed by atoms with E-state index in [4.69, 9.17) is 0 Å². The van der Waals surface area contributed by atoms with Crippen LogP contribution in [0.3, 0.4) is 0 Å². The number of ether oxygens (including phenoxy) is 2. The fraction of sp³-hybridized carbons (Fsp3) is 0.400. The van der Waals surface area contributed by atoms with Gasteiger partial charge in [-0.2, -0.15) is 74.6 Å². The topological polar surface area (TPSA) is 18.5 Å². The van der Waals surface area contributed by atoms with E-state index in [0.717, 1.165) is 0 Å². The van der Waals surface area contributed by atoms with E-state index in [1.165, 1.54) is 0 Å². The average Bonchev–Trinajstić information content (AvgIpc) is 2.52. The van der Waals surface area contributed by atoms with Crippen LogP contribution in [-0.4, -0.2) is 24.6 Å². The molecule has 0 amide bonds. The van der Waals surface area contributed by atoms with E-state index in [-0.39, 0.29) is 0 Å². The van der Waals surface area contributed by atoms with Crippen molar-refractivity contribution in [2.45, 2.75) is 24.6 Å². The Morgan fingerprint density at radius 2 is 0.688 bits per heavy atom. The predicted molar refractivity (Wildman–Crippen MR) is 56.3 cm³/mol. The van der Waals surface area contributed by atoms with Gasteiger partial charge in [0.05, 0.1) is 0 Å². The number of hydrogen-bond donors (Lipinski definition) is 0. The Kier molecular flexibility index (Phi) is 13.2. The van der Waals surface area contributed by atoms with Crippen molar-refractivity contribution in [2.75, 3.05) is 0 Å². The zero-order chi connectivity index (χ0) is 26.9. The van der Waals surface area contributed by atoms with Crippen molar-refractivity contribution >= 4 is 0 Å². The molecule has 0 unspecified atom stereocenters. The van der Waals surface area contributed by atoms with Gasteiger partial charge >= 0.3 is 60.9 Å². The van der Waals surface area contributed by atoms with E-state index in [2.05, 4.69) is 4.74 Å². The molecule has 0 aromatic heterocycles. The second-order valence-corrected chi connectivity index (χ2v) is 3.83. The third-order valence-corrected chi connectivity index (χ3v) is 1.58. The molecule has 0 aromatic rings. The Labute approximate surface area is 160 Å². The molecule has 2 nitrogen and oxygen atoms in total. The van der Waals surface area contributed by atoms with Gasteiger partial charge in [-0.25, -0.2) is 0 Å². The Hall–Kier alpha value is -2.58. The van der Waals surface area contributed by atoms with Gasteiger partial charge in [0.25, 0.3) is 0 Å². The summed E-state index contributed by atoms with van der Waals surface area (Å²) in [6, 6.07) is -6.44. The summed E-state index contributed by atoms with van der Waals surface area (Å²) in [4.78, 5) is 0. The Balaban J connectivity index is -0.000000446. The van der Waals surface area contributed by atoms with Crippen LogP contribution in [0.15, 0.2) is 36.3 Å². The molecule has 0 aromatic carbocycles. The van der Waals surface area contributed by atoms with Crippen molar-refractivity contribution in [1.29, 1.82) is 0 Å². The maximum atomic E-state index is 12.0. The normalized spacial score (nSPS) is 11.8. The Morgan fingerprint density at radius 3 is 0.844 bits per heavy atom. The Bertz CT molecular complexity index is 655. The summed E-state index contributed by atoms with van der Waals surface area (Å²) in [6.07, 6.45) is -31.2. The summed E-state index contributed by atoms with van der Waals surface area (Å²) >= 11 is 0. The minimum Gasteiger partial charge on any atom is -0.397 e. The molecular formula is C10F20O2. The summed E-state index contributed by atoms with van der Waals surface area (Å²) in [6.45, 7) is 0. The predicted octanol–water partition coefficient (Wildman–Crippen LogP) is 8.38. The second kappa shape index (κ2) is 12.5. The molecule has 0 saturated carbocycles. The van der Waals surface area contributed by atoms with E-state index in [1.807, 2.05) is 4.74 Å². The first-order valence-electron chi connectivity index (χ1n) is 5.85. The molecule has 0 atom stereocenters. The van der Waals surface area contributed by atoms with E-state index in [1.54, 1.807) is 0 Å². The largest absolute Gasteiger partial charge is 0.574 e. The van der Waals surface area contributed by atoms with Gasteiger partial charge in [0.1, 0.15) is 0 Å². The Morgan fingerprint density at radius 1 is 0.406 bits per heavy atom. The molecule has 0 spiro atoms. The van der Waals surface area contributed by atoms with E-state index >= 15 is 0 Å². The van der Waals surface area contributed by atoms with Gasteiger partial charge in [-0.05, 0) is 0 Å². The van der Waals surface area contributed by atoms with Gasteiger partial charge in [-0.1, -0.05) is 0 Å². The molecule has 0 bridgehead atoms. The molecule has 0 N–H and O–H groups in total. The monoisotopic (exact) mass is 532 g/mol. The molecule has 0 fully saturated rings. The van der Waals surface area contributed by atoms with E-state index < -0.39 is 60.9 Å². The second-order valence-electron chi connectivity index (χ2n) is 3.83. The third kappa shape index (κ3) is 13.7. The van der Waals surface area contributed by atoms with Gasteiger partial charge in [-0.15, -0.1) is 13.2 Å². The van der Waals surface area contributed by atoms with E-state index in [9.17, 15) is 87.8 Å². The lowest BCUT2D eigenvalue weighted by molar-refractivity contribution is -0.419. The molecule has 22 heteroatoms. The fourth-order valence-electron chi connectivity index (χ4n) is 0.520. The van der Waals surface area contributed by atoms with Crippen LogP contribution in [-0.2, 0) is 9.47 Å². The first-order chi connectivity index (χ1) is 13.8. The molecular weight excluding hydrogens is 532 g/mol. The molecule has 0 aliphatic carbocycles. The molecule has 0 aliphatic rings. The van der Waals surface area contributed by atoms with Gasteiger partial charge in [0, 0.05) is 0 Å². The van der Waals surface area contributed by atoms with Crippen LogP contribution >= 0.6 is 0 Å². The lowest BCUT2D eigenvalue weighted by Crippen LogP contribution is -2.53. The number of halogens is 20. The smallest absolute Gasteiger partial charge is 0.397 e. The zero-order valence-corrected chi connectivity index (χ0v) is 13.4. The first-order valence-corrected chi connectivity index (χ1v) is 5.85. The van der Waals surface area contributed by atoms with Gasteiger partial charge in [-0.3, -0.25) is 0 Å². The van der Waals surface area contributed by atoms with Crippen LogP contribution in [0, 0.1) is 0 Å². The number of hydrogen-bond acceptors (Lipinski definition) is 2. The maximum absolute atomic E-state index is 12.0. The van der Waals surface area contributed by atoms with Gasteiger partial charge in [0.2, 0.25) is 0 Å². The molecule has 0 heterocycles. The van der Waals surface area contributed by atoms with Crippen LogP contribution < -0.4 is 0 Å². The first kappa shape index (κ1) is 34.0. The van der Waals surface area contributed by atoms with E-state index in [0.29, 0.717) is 0 Å². The minimum atomic E-state index is -6.81. The average molecular weight is 532 g/mol. The molecule has 192 valence electrons. The van der Waals surface area contributed by atoms with Crippen molar-refractivity contribution in [3.8, 4) is 0 Å². The molecule has 0 radical (unpaired) electrons. The van der Waals surface area contributed by atoms with Gasteiger partial charge < -0.3 is 9.47 Å². The standard InChI is InChI=1S/C5F10O.C3F6O.C2F4/c6-1(7)2(8)16-5(14,15)3(9,10)4(11,12)13;4-1(5)2(6)10-3(7,8)9;3-1(4)2(5)6. The lowest BCUT2D eigenvalue weighted by atomic mass is 10.3. The van der Waals surface area contributed by atoms with Crippen LogP contribution in [0.4, 0.5) is 87.8 Å². The highest BCUT2D eigenvalue weighted by Gasteiger charge is 2.76. The number of alkyl halides is 10. The van der Waals surface area contributed by atoms with Crippen molar-refractivity contribution in [2.24, 2.45) is 0 Å². The third-order valence-electron chi connectivity index (χ3n) is 1.58. The highest BCUT2D eigenvalue weighted by molar-refractivity contribution is 4.90. The van der Waals surface area contributed by atoms with Crippen molar-refractivity contribution in [3.05, 3.63) is 36.3 Å². The van der Waals surface area contributed by atoms with Crippen LogP contribution in [0.25, 0.3) is 0 Å². The molecule has 0 aliphatic heterocycles. The SMILES string of the molecule is FC(F)=C(F)F.FC(F)=C(F)OC(F)(F)C(F)(F)C(F)(F)F.FC(F)=C(F)OC(F)(F)F. The summed E-state index contributed by atoms with van der Waals surface area (Å²) in [7, 11) is 0. The number of rotatable bonds is 4. The quantitative estimate of drug-likeness (QED) is 0.268. The summed E-state index contributed by atoms with van der Waals surface area (Å²) in [5.41, 5.74) is 0. The van der Waals surface area contributed by atoms with Crippen molar-refractivity contribution < 1.29 is 97.3 Å². The van der Waals surface area contributed by atoms with Crippen LogP contribution in [0.5, 0.6) is 0 Å². The zero-order valence-electron chi connectivity index (χ0n) is 13.4. The highest BCUT2D eigenvalue weighted by Crippen LogP contribution is 2.48. The van der Waals surface area contributed by atoms with Crippen LogP contribution in [0.2, 0.25) is 0 Å². The lowest BCUT2D eigenvalue weighted by Gasteiger charge is -2.26. The molecule has 0 rings (SSSR count). The molecule has 0 saturated heterocycles.